The Kier molecular flexibility index (Phi) is 5.35. The molecule has 0 fully saturated rings. The van der Waals surface area contributed by atoms with E-state index < -0.39 is 0 Å². The van der Waals surface area contributed by atoms with Gasteiger partial charge in [-0.3, -0.25) is 9.59 Å². The molecule has 1 atom stereocenters. The molecule has 148 valence electrons. The highest BCUT2D eigenvalue weighted by atomic mass is 32.1. The standard InChI is InChI=1S/C21H19FN4O2S/c1-13(27)26-11-10-14-4-2-3-5-17(14)18(26)12-19(28)23-21-24-20(25-29-21)15-6-8-16(22)9-7-15/h2-9,18H,10-12H2,1H3,(H,23,24,25,28). The Morgan fingerprint density at radius 2 is 1.97 bits per heavy atom. The van der Waals surface area contributed by atoms with E-state index in [4.69, 9.17) is 0 Å². The summed E-state index contributed by atoms with van der Waals surface area (Å²) in [5.74, 6) is -0.189. The first-order chi connectivity index (χ1) is 14.0. The molecule has 1 unspecified atom stereocenters. The summed E-state index contributed by atoms with van der Waals surface area (Å²) in [5, 5.41) is 3.14. The second-order valence-electron chi connectivity index (χ2n) is 6.86. The van der Waals surface area contributed by atoms with Gasteiger partial charge in [-0.05, 0) is 41.8 Å². The molecule has 0 aliphatic carbocycles. The maximum absolute atomic E-state index is 13.1. The lowest BCUT2D eigenvalue weighted by molar-refractivity contribution is -0.132. The first-order valence-electron chi connectivity index (χ1n) is 9.26. The molecule has 2 aromatic carbocycles. The quantitative estimate of drug-likeness (QED) is 0.710. The van der Waals surface area contributed by atoms with E-state index in [2.05, 4.69) is 14.7 Å². The molecule has 4 rings (SSSR count). The average Bonchev–Trinajstić information content (AvgIpc) is 3.16. The minimum absolute atomic E-state index is 0.0492. The van der Waals surface area contributed by atoms with Gasteiger partial charge in [0.25, 0.3) is 0 Å². The number of fused-ring (bicyclic) bond motifs is 1. The summed E-state index contributed by atoms with van der Waals surface area (Å²) in [7, 11) is 0. The Labute approximate surface area is 171 Å². The number of rotatable bonds is 4. The van der Waals surface area contributed by atoms with Crippen LogP contribution in [0.1, 0.15) is 30.5 Å². The fraction of sp³-hybridized carbons (Fsp3) is 0.238. The van der Waals surface area contributed by atoms with Crippen LogP contribution in [0, 0.1) is 5.82 Å². The summed E-state index contributed by atoms with van der Waals surface area (Å²) in [6.45, 7) is 2.12. The minimum atomic E-state index is -0.333. The van der Waals surface area contributed by atoms with Gasteiger partial charge in [-0.1, -0.05) is 24.3 Å². The van der Waals surface area contributed by atoms with Crippen molar-refractivity contribution in [2.75, 3.05) is 11.9 Å². The van der Waals surface area contributed by atoms with Crippen LogP contribution in [-0.2, 0) is 16.0 Å². The zero-order valence-electron chi connectivity index (χ0n) is 15.8. The monoisotopic (exact) mass is 410 g/mol. The molecule has 1 aromatic heterocycles. The molecule has 0 radical (unpaired) electrons. The van der Waals surface area contributed by atoms with E-state index in [0.717, 1.165) is 29.1 Å². The van der Waals surface area contributed by atoms with Crippen molar-refractivity contribution in [2.45, 2.75) is 25.8 Å². The third kappa shape index (κ3) is 4.17. The molecule has 1 aliphatic rings. The van der Waals surface area contributed by atoms with Gasteiger partial charge in [-0.25, -0.2) is 4.39 Å². The van der Waals surface area contributed by atoms with Crippen LogP contribution in [0.3, 0.4) is 0 Å². The first-order valence-corrected chi connectivity index (χ1v) is 10.0. The summed E-state index contributed by atoms with van der Waals surface area (Å²) < 4.78 is 17.3. The van der Waals surface area contributed by atoms with Crippen LogP contribution < -0.4 is 5.32 Å². The van der Waals surface area contributed by atoms with E-state index in [-0.39, 0.29) is 30.1 Å². The van der Waals surface area contributed by atoms with Crippen LogP contribution in [0.25, 0.3) is 11.4 Å². The number of amides is 2. The van der Waals surface area contributed by atoms with Crippen LogP contribution in [0.15, 0.2) is 48.5 Å². The van der Waals surface area contributed by atoms with Gasteiger partial charge in [0.15, 0.2) is 5.82 Å². The molecule has 3 aromatic rings. The van der Waals surface area contributed by atoms with Crippen molar-refractivity contribution in [1.29, 1.82) is 0 Å². The number of carbonyl (C=O) groups is 2. The van der Waals surface area contributed by atoms with Crippen molar-refractivity contribution in [3.63, 3.8) is 0 Å². The van der Waals surface area contributed by atoms with Crippen molar-refractivity contribution >= 4 is 28.5 Å². The molecular formula is C21H19FN4O2S. The first kappa shape index (κ1) is 19.2. The number of hydrogen-bond acceptors (Lipinski definition) is 5. The maximum atomic E-state index is 13.1. The smallest absolute Gasteiger partial charge is 0.228 e. The topological polar surface area (TPSA) is 75.2 Å². The molecule has 1 N–H and O–H groups in total. The van der Waals surface area contributed by atoms with Crippen molar-refractivity contribution in [1.82, 2.24) is 14.3 Å². The third-order valence-corrected chi connectivity index (χ3v) is 5.60. The summed E-state index contributed by atoms with van der Waals surface area (Å²) in [6, 6.07) is 13.5. The molecule has 1 aliphatic heterocycles. The van der Waals surface area contributed by atoms with Crippen molar-refractivity contribution in [3.05, 3.63) is 65.5 Å². The summed E-state index contributed by atoms with van der Waals surface area (Å²) >= 11 is 1.06. The number of nitrogens with zero attached hydrogens (tertiary/aromatic N) is 3. The average molecular weight is 410 g/mol. The largest absolute Gasteiger partial charge is 0.335 e. The second kappa shape index (κ2) is 8.08. The van der Waals surface area contributed by atoms with Crippen molar-refractivity contribution in [2.24, 2.45) is 0 Å². The van der Waals surface area contributed by atoms with Gasteiger partial charge in [-0.15, -0.1) is 0 Å². The van der Waals surface area contributed by atoms with E-state index in [1.54, 1.807) is 17.0 Å². The van der Waals surface area contributed by atoms with Gasteiger partial charge in [0, 0.05) is 30.6 Å². The third-order valence-electron chi connectivity index (χ3n) is 4.97. The van der Waals surface area contributed by atoms with E-state index in [0.29, 0.717) is 23.1 Å². The number of halogens is 1. The number of nitrogens with one attached hydrogen (secondary N) is 1. The number of anilines is 1. The van der Waals surface area contributed by atoms with Crippen LogP contribution >= 0.6 is 11.5 Å². The van der Waals surface area contributed by atoms with Crippen LogP contribution in [0.5, 0.6) is 0 Å². The van der Waals surface area contributed by atoms with Gasteiger partial charge in [0.1, 0.15) is 5.82 Å². The number of benzene rings is 2. The van der Waals surface area contributed by atoms with Gasteiger partial charge in [0.05, 0.1) is 12.5 Å². The molecule has 29 heavy (non-hydrogen) atoms. The lowest BCUT2D eigenvalue weighted by Crippen LogP contribution is -2.40. The van der Waals surface area contributed by atoms with Crippen LogP contribution in [0.4, 0.5) is 9.52 Å². The predicted octanol–water partition coefficient (Wildman–Crippen LogP) is 3.82. The molecule has 0 spiro atoms. The lowest BCUT2D eigenvalue weighted by atomic mass is 9.90. The maximum Gasteiger partial charge on any atom is 0.228 e. The highest BCUT2D eigenvalue weighted by Gasteiger charge is 2.30. The number of hydrogen-bond donors (Lipinski definition) is 1. The van der Waals surface area contributed by atoms with Gasteiger partial charge < -0.3 is 10.2 Å². The zero-order chi connectivity index (χ0) is 20.4. The number of carbonyl (C=O) groups excluding carboxylic acids is 2. The van der Waals surface area contributed by atoms with E-state index in [1.807, 2.05) is 24.3 Å². The van der Waals surface area contributed by atoms with Gasteiger partial charge in [0.2, 0.25) is 16.9 Å². The molecule has 0 saturated carbocycles. The van der Waals surface area contributed by atoms with Crippen molar-refractivity contribution < 1.29 is 14.0 Å². The number of aromatic nitrogens is 2. The van der Waals surface area contributed by atoms with E-state index in [1.165, 1.54) is 19.1 Å². The highest BCUT2D eigenvalue weighted by Crippen LogP contribution is 2.32. The van der Waals surface area contributed by atoms with E-state index in [9.17, 15) is 14.0 Å². The molecule has 2 heterocycles. The van der Waals surface area contributed by atoms with Gasteiger partial charge >= 0.3 is 0 Å². The Morgan fingerprint density at radius 1 is 1.21 bits per heavy atom. The Balaban J connectivity index is 1.49. The highest BCUT2D eigenvalue weighted by molar-refractivity contribution is 7.10. The van der Waals surface area contributed by atoms with E-state index >= 15 is 0 Å². The SMILES string of the molecule is CC(=O)N1CCc2ccccc2C1CC(=O)Nc1nc(-c2ccc(F)cc2)ns1. The zero-order valence-corrected chi connectivity index (χ0v) is 16.6. The molecule has 6 nitrogen and oxygen atoms in total. The second-order valence-corrected chi connectivity index (χ2v) is 7.61. The molecular weight excluding hydrogens is 391 g/mol. The van der Waals surface area contributed by atoms with Crippen molar-refractivity contribution in [3.8, 4) is 11.4 Å². The Morgan fingerprint density at radius 3 is 2.72 bits per heavy atom. The molecule has 2 amide bonds. The predicted molar refractivity (Wildman–Crippen MR) is 109 cm³/mol. The molecule has 0 bridgehead atoms. The van der Waals surface area contributed by atoms with Gasteiger partial charge in [-0.2, -0.15) is 9.36 Å². The summed E-state index contributed by atoms with van der Waals surface area (Å²) in [6.07, 6.45) is 0.924. The fourth-order valence-electron chi connectivity index (χ4n) is 3.59. The Hall–Kier alpha value is -3.13. The normalized spacial score (nSPS) is 15.7. The van der Waals surface area contributed by atoms with Crippen LogP contribution in [0.2, 0.25) is 0 Å². The van der Waals surface area contributed by atoms with Crippen LogP contribution in [-0.4, -0.2) is 32.6 Å². The summed E-state index contributed by atoms with van der Waals surface area (Å²) in [5.41, 5.74) is 2.85. The lowest BCUT2D eigenvalue weighted by Gasteiger charge is -2.36. The minimum Gasteiger partial charge on any atom is -0.335 e. The summed E-state index contributed by atoms with van der Waals surface area (Å²) in [4.78, 5) is 30.8. The molecule has 0 saturated heterocycles. The fourth-order valence-corrected chi connectivity index (χ4v) is 4.19. The molecule has 8 heteroatoms. The Bertz CT molecular complexity index is 1050.